The number of carbonyl (C=O) groups is 3. The number of nitrogens with one attached hydrogen (secondary N) is 2. The first-order valence-corrected chi connectivity index (χ1v) is 12.7. The summed E-state index contributed by atoms with van der Waals surface area (Å²) < 4.78 is 10.4. The van der Waals surface area contributed by atoms with Gasteiger partial charge in [-0.1, -0.05) is 61.4 Å². The standard InChI is InChI=1S/C28H35N3O5/c1-35-26(33)28(15-7-8-16-28)31-25(32)24(29)14-6-9-17-30-27(34)36-18-23-21-12-4-2-10-19(21)20-11-3-5-13-22(20)23/h2-5,10-13,23-24H,6-9,14-18,29H2,1H3,(H,30,34)(H,31,32). The minimum Gasteiger partial charge on any atom is -0.467 e. The Hall–Kier alpha value is -3.39. The molecule has 1 fully saturated rings. The molecule has 2 amide bonds. The number of amides is 2. The van der Waals surface area contributed by atoms with Gasteiger partial charge < -0.3 is 25.8 Å². The zero-order valence-electron chi connectivity index (χ0n) is 20.8. The molecule has 192 valence electrons. The van der Waals surface area contributed by atoms with E-state index < -0.39 is 23.6 Å². The molecular formula is C28H35N3O5. The number of fused-ring (bicyclic) bond motifs is 3. The van der Waals surface area contributed by atoms with Crippen LogP contribution in [0.2, 0.25) is 0 Å². The number of carbonyl (C=O) groups excluding carboxylic acids is 3. The van der Waals surface area contributed by atoms with Gasteiger partial charge in [0.05, 0.1) is 13.2 Å². The van der Waals surface area contributed by atoms with Gasteiger partial charge in [-0.05, 0) is 54.4 Å². The summed E-state index contributed by atoms with van der Waals surface area (Å²) in [5, 5.41) is 5.61. The molecule has 8 nitrogen and oxygen atoms in total. The van der Waals surface area contributed by atoms with Crippen LogP contribution in [0.15, 0.2) is 48.5 Å². The van der Waals surface area contributed by atoms with Crippen molar-refractivity contribution >= 4 is 18.0 Å². The van der Waals surface area contributed by atoms with Crippen LogP contribution in [0.5, 0.6) is 0 Å². The van der Waals surface area contributed by atoms with Gasteiger partial charge >= 0.3 is 12.1 Å². The third-order valence-corrected chi connectivity index (χ3v) is 7.29. The highest BCUT2D eigenvalue weighted by Crippen LogP contribution is 2.44. The van der Waals surface area contributed by atoms with E-state index >= 15 is 0 Å². The summed E-state index contributed by atoms with van der Waals surface area (Å²) in [6, 6.07) is 15.7. The number of benzene rings is 2. The number of ether oxygens (including phenoxy) is 2. The van der Waals surface area contributed by atoms with E-state index in [-0.39, 0.29) is 18.4 Å². The van der Waals surface area contributed by atoms with Crippen LogP contribution in [0.3, 0.4) is 0 Å². The van der Waals surface area contributed by atoms with Gasteiger partial charge in [0.1, 0.15) is 12.1 Å². The number of unbranched alkanes of at least 4 members (excludes halogenated alkanes) is 1. The lowest BCUT2D eigenvalue weighted by Crippen LogP contribution is -2.57. The number of hydrogen-bond donors (Lipinski definition) is 3. The van der Waals surface area contributed by atoms with E-state index in [4.69, 9.17) is 15.2 Å². The molecule has 0 radical (unpaired) electrons. The van der Waals surface area contributed by atoms with Gasteiger partial charge in [-0.2, -0.15) is 0 Å². The first-order valence-electron chi connectivity index (χ1n) is 12.7. The molecule has 0 bridgehead atoms. The average Bonchev–Trinajstić information content (AvgIpc) is 3.50. The van der Waals surface area contributed by atoms with Gasteiger partial charge in [-0.25, -0.2) is 9.59 Å². The maximum Gasteiger partial charge on any atom is 0.407 e. The molecule has 4 N–H and O–H groups in total. The fraction of sp³-hybridized carbons (Fsp3) is 0.464. The zero-order valence-corrected chi connectivity index (χ0v) is 20.8. The lowest BCUT2D eigenvalue weighted by molar-refractivity contribution is -0.151. The molecule has 4 rings (SSSR count). The summed E-state index contributed by atoms with van der Waals surface area (Å²) in [5.41, 5.74) is 9.83. The van der Waals surface area contributed by atoms with E-state index in [9.17, 15) is 14.4 Å². The highest BCUT2D eigenvalue weighted by atomic mass is 16.5. The lowest BCUT2D eigenvalue weighted by atomic mass is 9.96. The Kier molecular flexibility index (Phi) is 8.25. The van der Waals surface area contributed by atoms with Crippen molar-refractivity contribution < 1.29 is 23.9 Å². The third-order valence-electron chi connectivity index (χ3n) is 7.29. The summed E-state index contributed by atoms with van der Waals surface area (Å²) in [6.45, 7) is 0.698. The molecule has 0 heterocycles. The van der Waals surface area contributed by atoms with Crippen LogP contribution >= 0.6 is 0 Å². The van der Waals surface area contributed by atoms with Crippen molar-refractivity contribution in [3.05, 3.63) is 59.7 Å². The minimum atomic E-state index is -0.949. The fourth-order valence-electron chi connectivity index (χ4n) is 5.34. The van der Waals surface area contributed by atoms with Crippen LogP contribution in [-0.4, -0.2) is 49.8 Å². The zero-order chi connectivity index (χ0) is 25.5. The summed E-state index contributed by atoms with van der Waals surface area (Å²) in [5.74, 6) is -0.729. The summed E-state index contributed by atoms with van der Waals surface area (Å²) >= 11 is 0. The third kappa shape index (κ3) is 5.54. The molecule has 2 aliphatic rings. The molecular weight excluding hydrogens is 458 g/mol. The Balaban J connectivity index is 1.16. The Labute approximate surface area is 211 Å². The van der Waals surface area contributed by atoms with Crippen LogP contribution in [0, 0.1) is 0 Å². The van der Waals surface area contributed by atoms with Gasteiger partial charge in [0.25, 0.3) is 0 Å². The van der Waals surface area contributed by atoms with E-state index in [1.165, 1.54) is 29.4 Å². The number of methoxy groups -OCH3 is 1. The second-order valence-electron chi connectivity index (χ2n) is 9.62. The van der Waals surface area contributed by atoms with E-state index in [0.717, 1.165) is 12.8 Å². The molecule has 8 heteroatoms. The average molecular weight is 494 g/mol. The van der Waals surface area contributed by atoms with Gasteiger partial charge in [-0.3, -0.25) is 4.79 Å². The topological polar surface area (TPSA) is 120 Å². The smallest absolute Gasteiger partial charge is 0.407 e. The first kappa shape index (κ1) is 25.7. The van der Waals surface area contributed by atoms with Crippen LogP contribution < -0.4 is 16.4 Å². The van der Waals surface area contributed by atoms with Gasteiger partial charge in [0, 0.05) is 12.5 Å². The molecule has 2 aromatic carbocycles. The molecule has 2 aliphatic carbocycles. The largest absolute Gasteiger partial charge is 0.467 e. The maximum atomic E-state index is 12.5. The van der Waals surface area contributed by atoms with Crippen molar-refractivity contribution in [2.75, 3.05) is 20.3 Å². The second kappa shape index (κ2) is 11.6. The van der Waals surface area contributed by atoms with Crippen molar-refractivity contribution in [2.45, 2.75) is 62.4 Å². The van der Waals surface area contributed by atoms with Crippen molar-refractivity contribution in [3.8, 4) is 11.1 Å². The number of rotatable bonds is 10. The predicted molar refractivity (Wildman–Crippen MR) is 136 cm³/mol. The Morgan fingerprint density at radius 2 is 1.61 bits per heavy atom. The molecule has 0 saturated heterocycles. The van der Waals surface area contributed by atoms with E-state index in [1.54, 1.807) is 0 Å². The van der Waals surface area contributed by atoms with Crippen LogP contribution in [-0.2, 0) is 19.1 Å². The minimum absolute atomic E-state index is 0.0211. The lowest BCUT2D eigenvalue weighted by Gasteiger charge is -2.28. The highest BCUT2D eigenvalue weighted by Gasteiger charge is 2.44. The molecule has 0 aromatic heterocycles. The molecule has 36 heavy (non-hydrogen) atoms. The van der Waals surface area contributed by atoms with Gasteiger partial charge in [0.2, 0.25) is 5.91 Å². The van der Waals surface area contributed by atoms with E-state index in [0.29, 0.717) is 38.6 Å². The van der Waals surface area contributed by atoms with Crippen LogP contribution in [0.25, 0.3) is 11.1 Å². The molecule has 2 aromatic rings. The van der Waals surface area contributed by atoms with Crippen molar-refractivity contribution in [1.82, 2.24) is 10.6 Å². The first-order chi connectivity index (χ1) is 17.4. The molecule has 0 aliphatic heterocycles. The number of hydrogen-bond acceptors (Lipinski definition) is 6. The van der Waals surface area contributed by atoms with Crippen molar-refractivity contribution in [1.29, 1.82) is 0 Å². The Morgan fingerprint density at radius 3 is 2.22 bits per heavy atom. The Bertz CT molecular complexity index is 1050. The molecule has 1 saturated carbocycles. The number of alkyl carbamates (subject to hydrolysis) is 1. The summed E-state index contributed by atoms with van der Waals surface area (Å²) in [6.07, 6.45) is 4.19. The van der Waals surface area contributed by atoms with E-state index in [1.807, 2.05) is 24.3 Å². The molecule has 0 spiro atoms. The normalized spacial score (nSPS) is 16.5. The van der Waals surface area contributed by atoms with Gasteiger partial charge in [-0.15, -0.1) is 0 Å². The quantitative estimate of drug-likeness (QED) is 0.343. The second-order valence-corrected chi connectivity index (χ2v) is 9.62. The number of nitrogens with two attached hydrogens (primary N) is 1. The Morgan fingerprint density at radius 1 is 1.00 bits per heavy atom. The molecule has 1 atom stereocenters. The maximum absolute atomic E-state index is 12.5. The monoisotopic (exact) mass is 493 g/mol. The predicted octanol–water partition coefficient (Wildman–Crippen LogP) is 3.62. The van der Waals surface area contributed by atoms with Crippen molar-refractivity contribution in [3.63, 3.8) is 0 Å². The fourth-order valence-corrected chi connectivity index (χ4v) is 5.34. The SMILES string of the molecule is COC(=O)C1(NC(=O)C(N)CCCCNC(=O)OCC2c3ccccc3-c3ccccc32)CCCC1. The van der Waals surface area contributed by atoms with E-state index in [2.05, 4.69) is 34.9 Å². The molecule has 1 unspecified atom stereocenters. The summed E-state index contributed by atoms with van der Waals surface area (Å²) in [4.78, 5) is 37.0. The highest BCUT2D eigenvalue weighted by molar-refractivity contribution is 5.90. The van der Waals surface area contributed by atoms with Crippen LogP contribution in [0.1, 0.15) is 62.0 Å². The summed E-state index contributed by atoms with van der Waals surface area (Å²) in [7, 11) is 1.33. The van der Waals surface area contributed by atoms with Crippen LogP contribution in [0.4, 0.5) is 4.79 Å². The number of esters is 1. The van der Waals surface area contributed by atoms with Crippen molar-refractivity contribution in [2.24, 2.45) is 5.73 Å². The van der Waals surface area contributed by atoms with Gasteiger partial charge in [0.15, 0.2) is 0 Å².